The first kappa shape index (κ1) is 24.2. The van der Waals surface area contributed by atoms with Crippen LogP contribution in [0.25, 0.3) is 0 Å². The van der Waals surface area contributed by atoms with Crippen LogP contribution in [0.3, 0.4) is 0 Å². The molecule has 10 heteroatoms. The van der Waals surface area contributed by atoms with Crippen molar-refractivity contribution in [2.45, 2.75) is 38.4 Å². The van der Waals surface area contributed by atoms with E-state index in [9.17, 15) is 4.79 Å². The fourth-order valence-electron chi connectivity index (χ4n) is 3.11. The van der Waals surface area contributed by atoms with E-state index in [1.54, 1.807) is 21.1 Å². The third kappa shape index (κ3) is 6.55. The minimum absolute atomic E-state index is 0.259. The number of anilines is 2. The van der Waals surface area contributed by atoms with Gasteiger partial charge in [0.25, 0.3) is 0 Å². The van der Waals surface area contributed by atoms with Crippen LogP contribution in [0, 0.1) is 5.92 Å². The molecule has 1 amide bonds. The lowest BCUT2D eigenvalue weighted by atomic mass is 10.1. The van der Waals surface area contributed by atoms with Crippen molar-refractivity contribution >= 4 is 29.0 Å². The molecule has 1 atom stereocenters. The first-order chi connectivity index (χ1) is 15.8. The molecule has 0 bridgehead atoms. The molecule has 2 N–H and O–H groups in total. The molecule has 0 radical (unpaired) electrons. The highest BCUT2D eigenvalue weighted by molar-refractivity contribution is 7.99. The average molecular weight is 467 g/mol. The summed E-state index contributed by atoms with van der Waals surface area (Å²) in [5.41, 5.74) is 3.47. The van der Waals surface area contributed by atoms with Crippen LogP contribution in [0.5, 0.6) is 0 Å². The van der Waals surface area contributed by atoms with Crippen molar-refractivity contribution in [2.75, 3.05) is 16.4 Å². The highest BCUT2D eigenvalue weighted by Crippen LogP contribution is 2.32. The maximum absolute atomic E-state index is 11.6. The van der Waals surface area contributed by atoms with E-state index in [4.69, 9.17) is 0 Å². The van der Waals surface area contributed by atoms with Crippen LogP contribution in [0.1, 0.15) is 38.2 Å². The topological polar surface area (TPSA) is 103 Å². The molecular weight excluding hydrogens is 436 g/mol. The second kappa shape index (κ2) is 11.0. The van der Waals surface area contributed by atoms with Gasteiger partial charge in [0.05, 0.1) is 12.2 Å². The Kier molecular flexibility index (Phi) is 8.05. The monoisotopic (exact) mass is 466 g/mol. The number of allylic oxidation sites excluding steroid dienone is 1. The zero-order valence-electron chi connectivity index (χ0n) is 19.4. The third-order valence-electron chi connectivity index (χ3n) is 4.58. The lowest BCUT2D eigenvalue weighted by Gasteiger charge is -2.20. The van der Waals surface area contributed by atoms with Crippen LogP contribution < -0.4 is 10.6 Å². The van der Waals surface area contributed by atoms with Crippen molar-refractivity contribution in [3.05, 3.63) is 66.7 Å². The normalized spacial score (nSPS) is 11.9. The lowest BCUT2D eigenvalue weighted by Crippen LogP contribution is -2.19. The first-order valence-electron chi connectivity index (χ1n) is 10.6. The van der Waals surface area contributed by atoms with Crippen LogP contribution in [0.2, 0.25) is 0 Å². The molecule has 3 rings (SSSR count). The van der Waals surface area contributed by atoms with E-state index in [-0.39, 0.29) is 11.9 Å². The number of amides is 1. The van der Waals surface area contributed by atoms with Crippen molar-refractivity contribution in [3.8, 4) is 0 Å². The molecule has 0 aliphatic rings. The molecule has 0 saturated carbocycles. The average Bonchev–Trinajstić information content (AvgIpc) is 3.36. The molecule has 0 aliphatic carbocycles. The number of carbonyl (C=O) groups excluding carboxylic acids is 1. The second-order valence-corrected chi connectivity index (χ2v) is 9.28. The van der Waals surface area contributed by atoms with Crippen LogP contribution >= 0.6 is 11.8 Å². The zero-order valence-corrected chi connectivity index (χ0v) is 20.3. The smallest absolute Gasteiger partial charge is 0.247 e. The highest BCUT2D eigenvalue weighted by Gasteiger charge is 2.24. The molecule has 0 fully saturated rings. The third-order valence-corrected chi connectivity index (χ3v) is 5.99. The van der Waals surface area contributed by atoms with Gasteiger partial charge in [-0.15, -0.1) is 16.9 Å². The van der Waals surface area contributed by atoms with Crippen LogP contribution in [0.4, 0.5) is 11.4 Å². The Morgan fingerprint density at radius 1 is 1.27 bits per heavy atom. The fourth-order valence-corrected chi connectivity index (χ4v) is 4.06. The zero-order chi connectivity index (χ0) is 24.0. The predicted octanol–water partition coefficient (Wildman–Crippen LogP) is 4.06. The van der Waals surface area contributed by atoms with Gasteiger partial charge in [-0.1, -0.05) is 44.7 Å². The maximum atomic E-state index is 11.6. The van der Waals surface area contributed by atoms with E-state index < -0.39 is 0 Å². The van der Waals surface area contributed by atoms with Crippen molar-refractivity contribution in [1.82, 2.24) is 30.0 Å². The Labute approximate surface area is 198 Å². The summed E-state index contributed by atoms with van der Waals surface area (Å²) >= 11 is 1.71. The molecular formula is C23H30N8OS. The van der Waals surface area contributed by atoms with E-state index in [1.807, 2.05) is 44.4 Å². The van der Waals surface area contributed by atoms with Gasteiger partial charge >= 0.3 is 0 Å². The Balaban J connectivity index is 1.97. The minimum atomic E-state index is -0.342. The number of aryl methyl sites for hydroxylation is 1. The van der Waals surface area contributed by atoms with Crippen LogP contribution in [-0.2, 0) is 18.4 Å². The van der Waals surface area contributed by atoms with Crippen molar-refractivity contribution in [1.29, 1.82) is 0 Å². The van der Waals surface area contributed by atoms with Gasteiger partial charge in [0.2, 0.25) is 5.91 Å². The summed E-state index contributed by atoms with van der Waals surface area (Å²) in [5, 5.41) is 24.3. The molecule has 33 heavy (non-hydrogen) atoms. The van der Waals surface area contributed by atoms with Crippen LogP contribution in [0.15, 0.2) is 60.3 Å². The number of tetrazole rings is 1. The minimum Gasteiger partial charge on any atom is -0.368 e. The standard InChI is InChI=1S/C23H30N8OS/c1-7-20(32)24-18-10-8-17(9-11-18)21(22-26-28-29-31(22)12-15(2)3)25-19-13-30(6)27-23(19)33-14-16(4)5/h7-11,13,16,21,25H,1-2,12,14H2,3-6H3,(H,24,32). The fraction of sp³-hybridized carbons (Fsp3) is 0.348. The maximum Gasteiger partial charge on any atom is 0.247 e. The number of hydrogen-bond donors (Lipinski definition) is 2. The summed E-state index contributed by atoms with van der Waals surface area (Å²) in [6, 6.07) is 7.22. The van der Waals surface area contributed by atoms with E-state index >= 15 is 0 Å². The number of benzene rings is 1. The van der Waals surface area contributed by atoms with Gasteiger partial charge < -0.3 is 10.6 Å². The van der Waals surface area contributed by atoms with Crippen molar-refractivity contribution < 1.29 is 4.79 Å². The largest absolute Gasteiger partial charge is 0.368 e. The summed E-state index contributed by atoms with van der Waals surface area (Å²) in [6.45, 7) is 14.3. The molecule has 9 nitrogen and oxygen atoms in total. The first-order valence-corrected chi connectivity index (χ1v) is 11.6. The molecule has 0 saturated heterocycles. The number of nitrogens with one attached hydrogen (secondary N) is 2. The van der Waals surface area contributed by atoms with Crippen molar-refractivity contribution in [2.24, 2.45) is 13.0 Å². The number of rotatable bonds is 11. The van der Waals surface area contributed by atoms with Gasteiger partial charge in [-0.05, 0) is 47.0 Å². The Morgan fingerprint density at radius 3 is 2.64 bits per heavy atom. The number of aromatic nitrogens is 6. The Morgan fingerprint density at radius 2 is 2.00 bits per heavy atom. The summed E-state index contributed by atoms with van der Waals surface area (Å²) < 4.78 is 3.54. The van der Waals surface area contributed by atoms with Gasteiger partial charge in [-0.25, -0.2) is 4.68 Å². The summed E-state index contributed by atoms with van der Waals surface area (Å²) in [6.07, 6.45) is 3.20. The highest BCUT2D eigenvalue weighted by atomic mass is 32.2. The van der Waals surface area contributed by atoms with E-state index in [0.29, 0.717) is 24.0 Å². The number of nitrogens with zero attached hydrogens (tertiary/aromatic N) is 6. The summed E-state index contributed by atoms with van der Waals surface area (Å²) in [4.78, 5) is 11.6. The molecule has 174 valence electrons. The second-order valence-electron chi connectivity index (χ2n) is 8.27. The molecule has 0 aliphatic heterocycles. The molecule has 1 aromatic carbocycles. The molecule has 1 unspecified atom stereocenters. The SMILES string of the molecule is C=CC(=O)Nc1ccc(C(Nc2cn(C)nc2SCC(C)C)c2nnnn2CC(=C)C)cc1. The van der Waals surface area contributed by atoms with E-state index in [0.717, 1.165) is 27.6 Å². The van der Waals surface area contributed by atoms with Gasteiger partial charge in [0, 0.05) is 24.7 Å². The van der Waals surface area contributed by atoms with Crippen molar-refractivity contribution in [3.63, 3.8) is 0 Å². The van der Waals surface area contributed by atoms with Gasteiger partial charge in [-0.2, -0.15) is 5.10 Å². The van der Waals surface area contributed by atoms with Gasteiger partial charge in [0.1, 0.15) is 11.1 Å². The number of hydrogen-bond acceptors (Lipinski definition) is 7. The summed E-state index contributed by atoms with van der Waals surface area (Å²) in [5.74, 6) is 1.90. The Hall–Kier alpha value is -3.40. The quantitative estimate of drug-likeness (QED) is 0.250. The lowest BCUT2D eigenvalue weighted by molar-refractivity contribution is -0.111. The van der Waals surface area contributed by atoms with Gasteiger partial charge in [0.15, 0.2) is 5.82 Å². The molecule has 2 aromatic heterocycles. The predicted molar refractivity (Wildman–Crippen MR) is 132 cm³/mol. The van der Waals surface area contributed by atoms with E-state index in [1.165, 1.54) is 6.08 Å². The van der Waals surface area contributed by atoms with E-state index in [2.05, 4.69) is 58.3 Å². The molecule has 3 aromatic rings. The number of carbonyl (C=O) groups is 1. The van der Waals surface area contributed by atoms with Gasteiger partial charge in [-0.3, -0.25) is 9.48 Å². The summed E-state index contributed by atoms with van der Waals surface area (Å²) in [7, 11) is 1.90. The van der Waals surface area contributed by atoms with Crippen LogP contribution in [-0.4, -0.2) is 41.6 Å². The number of thioether (sulfide) groups is 1. The molecule has 0 spiro atoms. The Bertz CT molecular complexity index is 1120. The molecule has 2 heterocycles.